The largest absolute Gasteiger partial charge is 0.489 e. The van der Waals surface area contributed by atoms with E-state index in [0.717, 1.165) is 28.4 Å². The second kappa shape index (κ2) is 8.86. The van der Waals surface area contributed by atoms with Gasteiger partial charge in [-0.1, -0.05) is 58.6 Å². The molecule has 0 unspecified atom stereocenters. The molecule has 5 nitrogen and oxygen atoms in total. The Kier molecular flexibility index (Phi) is 5.84. The van der Waals surface area contributed by atoms with E-state index in [-0.39, 0.29) is 5.91 Å². The van der Waals surface area contributed by atoms with Crippen molar-refractivity contribution in [1.29, 1.82) is 0 Å². The summed E-state index contributed by atoms with van der Waals surface area (Å²) in [6.07, 6.45) is 0. The van der Waals surface area contributed by atoms with Crippen molar-refractivity contribution in [2.24, 2.45) is 0 Å². The maximum Gasteiger partial charge on any atom is 0.269 e. The van der Waals surface area contributed by atoms with E-state index in [0.29, 0.717) is 27.9 Å². The van der Waals surface area contributed by atoms with E-state index in [9.17, 15) is 4.79 Å². The molecule has 1 amide bonds. The van der Waals surface area contributed by atoms with Crippen molar-refractivity contribution in [3.05, 3.63) is 94.3 Å². The van der Waals surface area contributed by atoms with Gasteiger partial charge in [0.15, 0.2) is 0 Å². The number of carbonyl (C=O) groups is 1. The highest BCUT2D eigenvalue weighted by molar-refractivity contribution is 7.08. The lowest BCUT2D eigenvalue weighted by Gasteiger charge is -2.08. The Morgan fingerprint density at radius 3 is 2.41 bits per heavy atom. The molecule has 0 aliphatic rings. The highest BCUT2D eigenvalue weighted by Crippen LogP contribution is 2.26. The van der Waals surface area contributed by atoms with Crippen molar-refractivity contribution >= 4 is 34.7 Å². The summed E-state index contributed by atoms with van der Waals surface area (Å²) >= 11 is 6.98. The maximum absolute atomic E-state index is 12.7. The molecule has 0 atom stereocenters. The first-order valence-corrected chi connectivity index (χ1v) is 10.0. The third-order valence-electron chi connectivity index (χ3n) is 4.17. The molecule has 144 valence electrons. The van der Waals surface area contributed by atoms with E-state index in [2.05, 4.69) is 14.9 Å². The summed E-state index contributed by atoms with van der Waals surface area (Å²) in [6.45, 7) is 0.490. The number of anilines is 1. The fourth-order valence-electron chi connectivity index (χ4n) is 2.70. The molecular weight excluding hydrogens is 406 g/mol. The summed E-state index contributed by atoms with van der Waals surface area (Å²) in [7, 11) is 0. The molecule has 0 aliphatic heterocycles. The van der Waals surface area contributed by atoms with E-state index in [1.807, 2.05) is 54.6 Å². The maximum atomic E-state index is 12.7. The molecule has 0 radical (unpaired) electrons. The molecule has 7 heteroatoms. The number of hydrogen-bond acceptors (Lipinski definition) is 5. The predicted molar refractivity (Wildman–Crippen MR) is 116 cm³/mol. The number of hydrogen-bond donors (Lipinski definition) is 1. The van der Waals surface area contributed by atoms with Crippen LogP contribution in [0, 0.1) is 0 Å². The monoisotopic (exact) mass is 421 g/mol. The zero-order valence-electron chi connectivity index (χ0n) is 15.2. The van der Waals surface area contributed by atoms with Gasteiger partial charge in [0.05, 0.1) is 0 Å². The summed E-state index contributed by atoms with van der Waals surface area (Å²) < 4.78 is 9.70. The molecule has 0 spiro atoms. The minimum atomic E-state index is -0.261. The molecular formula is C22H16ClN3O2S. The average molecular weight is 422 g/mol. The first-order chi connectivity index (χ1) is 14.2. The minimum Gasteiger partial charge on any atom is -0.489 e. The molecule has 0 fully saturated rings. The molecule has 0 saturated carbocycles. The molecule has 4 rings (SSSR count). The lowest BCUT2D eigenvalue weighted by Crippen LogP contribution is -2.11. The zero-order valence-corrected chi connectivity index (χ0v) is 16.8. The number of carbonyl (C=O) groups excluding carboxylic acids is 1. The van der Waals surface area contributed by atoms with E-state index >= 15 is 0 Å². The van der Waals surface area contributed by atoms with E-state index in [1.165, 1.54) is 0 Å². The van der Waals surface area contributed by atoms with E-state index < -0.39 is 0 Å². The highest BCUT2D eigenvalue weighted by Gasteiger charge is 2.18. The lowest BCUT2D eigenvalue weighted by molar-refractivity contribution is 0.103. The predicted octanol–water partition coefficient (Wildman–Crippen LogP) is 5.69. The topological polar surface area (TPSA) is 64.1 Å². The minimum absolute atomic E-state index is 0.261. The van der Waals surface area contributed by atoms with E-state index in [1.54, 1.807) is 24.3 Å². The van der Waals surface area contributed by atoms with Gasteiger partial charge < -0.3 is 10.1 Å². The number of nitrogens with one attached hydrogen (secondary N) is 1. The second-order valence-corrected chi connectivity index (χ2v) is 7.40. The van der Waals surface area contributed by atoms with Crippen molar-refractivity contribution in [1.82, 2.24) is 9.59 Å². The van der Waals surface area contributed by atoms with Gasteiger partial charge in [-0.25, -0.2) is 0 Å². The van der Waals surface area contributed by atoms with Crippen molar-refractivity contribution in [2.45, 2.75) is 6.61 Å². The normalized spacial score (nSPS) is 10.5. The summed E-state index contributed by atoms with van der Waals surface area (Å²) in [5.41, 5.74) is 3.08. The first-order valence-electron chi connectivity index (χ1n) is 8.85. The van der Waals surface area contributed by atoms with Crippen LogP contribution in [-0.2, 0) is 6.61 Å². The van der Waals surface area contributed by atoms with Crippen LogP contribution >= 0.6 is 23.1 Å². The summed E-state index contributed by atoms with van der Waals surface area (Å²) in [4.78, 5) is 13.1. The molecule has 1 heterocycles. The fraction of sp³-hybridized carbons (Fsp3) is 0.0455. The van der Waals surface area contributed by atoms with Crippen molar-refractivity contribution < 1.29 is 9.53 Å². The first kappa shape index (κ1) is 19.1. The van der Waals surface area contributed by atoms with Crippen LogP contribution in [0.3, 0.4) is 0 Å². The van der Waals surface area contributed by atoms with Crippen LogP contribution < -0.4 is 10.1 Å². The van der Waals surface area contributed by atoms with Gasteiger partial charge in [0.2, 0.25) is 0 Å². The molecule has 4 aromatic rings. The Bertz CT molecular complexity index is 1100. The second-order valence-electron chi connectivity index (χ2n) is 6.21. The Balaban J connectivity index is 1.41. The van der Waals surface area contributed by atoms with Crippen molar-refractivity contribution in [3.8, 4) is 17.0 Å². The van der Waals surface area contributed by atoms with Crippen LogP contribution in [0.25, 0.3) is 11.3 Å². The zero-order chi connectivity index (χ0) is 20.1. The fourth-order valence-corrected chi connectivity index (χ4v) is 3.41. The highest BCUT2D eigenvalue weighted by atomic mass is 35.5. The molecule has 3 aromatic carbocycles. The van der Waals surface area contributed by atoms with Gasteiger partial charge in [0, 0.05) is 16.3 Å². The Morgan fingerprint density at radius 1 is 0.966 bits per heavy atom. The number of rotatable bonds is 6. The van der Waals surface area contributed by atoms with Crippen LogP contribution in [0.15, 0.2) is 78.9 Å². The number of aromatic nitrogens is 2. The van der Waals surface area contributed by atoms with Gasteiger partial charge in [-0.2, -0.15) is 0 Å². The molecule has 0 bridgehead atoms. The smallest absolute Gasteiger partial charge is 0.269 e. The third kappa shape index (κ3) is 4.80. The molecule has 0 saturated heterocycles. The Labute approximate surface area is 177 Å². The summed E-state index contributed by atoms with van der Waals surface area (Å²) in [5, 5.41) is 7.59. The van der Waals surface area contributed by atoms with Crippen molar-refractivity contribution in [3.63, 3.8) is 0 Å². The number of amides is 1. The molecule has 1 N–H and O–H groups in total. The molecule has 0 aliphatic carbocycles. The SMILES string of the molecule is O=C(Nc1ccc(OCc2ccccc2)cc1)c1snnc1-c1ccc(Cl)cc1. The third-order valence-corrected chi connectivity index (χ3v) is 5.15. The molecule has 1 aromatic heterocycles. The number of nitrogens with zero attached hydrogens (tertiary/aromatic N) is 2. The average Bonchev–Trinajstić information content (AvgIpc) is 3.25. The Hall–Kier alpha value is -3.22. The number of benzene rings is 3. The molecule has 29 heavy (non-hydrogen) atoms. The lowest BCUT2D eigenvalue weighted by atomic mass is 10.1. The van der Waals surface area contributed by atoms with Gasteiger partial charge in [0.1, 0.15) is 22.9 Å². The van der Waals surface area contributed by atoms with Crippen LogP contribution in [-0.4, -0.2) is 15.5 Å². The summed E-state index contributed by atoms with van der Waals surface area (Å²) in [6, 6.07) is 24.3. The van der Waals surface area contributed by atoms with Crippen LogP contribution in [0.5, 0.6) is 5.75 Å². The van der Waals surface area contributed by atoms with Gasteiger partial charge in [-0.05, 0) is 53.5 Å². The van der Waals surface area contributed by atoms with Crippen LogP contribution in [0.4, 0.5) is 5.69 Å². The van der Waals surface area contributed by atoms with Gasteiger partial charge >= 0.3 is 0 Å². The van der Waals surface area contributed by atoms with Crippen molar-refractivity contribution in [2.75, 3.05) is 5.32 Å². The number of ether oxygens (including phenoxy) is 1. The summed E-state index contributed by atoms with van der Waals surface area (Å²) in [5.74, 6) is 0.469. The van der Waals surface area contributed by atoms with Gasteiger partial charge in [-0.3, -0.25) is 4.79 Å². The van der Waals surface area contributed by atoms with E-state index in [4.69, 9.17) is 16.3 Å². The number of halogens is 1. The van der Waals surface area contributed by atoms with Crippen LogP contribution in [0.1, 0.15) is 15.2 Å². The quantitative estimate of drug-likeness (QED) is 0.434. The Morgan fingerprint density at radius 2 is 1.69 bits per heavy atom. The van der Waals surface area contributed by atoms with Gasteiger partial charge in [-0.15, -0.1) is 5.10 Å². The van der Waals surface area contributed by atoms with Crippen LogP contribution in [0.2, 0.25) is 5.02 Å². The van der Waals surface area contributed by atoms with Gasteiger partial charge in [0.25, 0.3) is 5.91 Å². The standard InChI is InChI=1S/C22H16ClN3O2S/c23-17-8-6-16(7-9-17)20-21(29-26-25-20)22(27)24-18-10-12-19(13-11-18)28-14-15-4-2-1-3-5-15/h1-13H,14H2,(H,24,27).